The number of nitrogens with zero attached hydrogens (tertiary/aromatic N) is 2. The van der Waals surface area contributed by atoms with Gasteiger partial charge in [0.15, 0.2) is 15.7 Å². The predicted octanol–water partition coefficient (Wildman–Crippen LogP) is 1.22. The summed E-state index contributed by atoms with van der Waals surface area (Å²) in [4.78, 5) is 11.6. The van der Waals surface area contributed by atoms with Crippen molar-refractivity contribution in [3.8, 4) is 0 Å². The van der Waals surface area contributed by atoms with E-state index in [1.807, 2.05) is 0 Å². The number of amides is 1. The molecule has 2 aromatic heterocycles. The first kappa shape index (κ1) is 15.2. The molecule has 0 atom stereocenters. The Morgan fingerprint density at radius 2 is 1.86 bits per heavy atom. The monoisotopic (exact) mass is 313 g/mol. The van der Waals surface area contributed by atoms with Gasteiger partial charge in [-0.2, -0.15) is 0 Å². The second-order valence-electron chi connectivity index (χ2n) is 4.64. The molecule has 1 N–H and O–H groups in total. The number of carbonyl (C=O) groups is 1. The molecule has 2 rings (SSSR count). The Morgan fingerprint density at radius 3 is 2.43 bits per heavy atom. The second kappa shape index (κ2) is 6.08. The van der Waals surface area contributed by atoms with E-state index in [0.717, 1.165) is 0 Å². The summed E-state index contributed by atoms with van der Waals surface area (Å²) in [5.74, 6) is 0.395. The zero-order valence-electron chi connectivity index (χ0n) is 11.6. The van der Waals surface area contributed by atoms with Crippen molar-refractivity contribution in [3.63, 3.8) is 0 Å². The Kier molecular flexibility index (Phi) is 4.41. The van der Waals surface area contributed by atoms with Crippen LogP contribution < -0.4 is 5.32 Å². The average Bonchev–Trinajstić information content (AvgIpc) is 2.96. The van der Waals surface area contributed by atoms with Crippen LogP contribution in [-0.2, 0) is 20.4 Å². The maximum absolute atomic E-state index is 11.9. The van der Waals surface area contributed by atoms with Gasteiger partial charge in [-0.25, -0.2) is 8.42 Å². The van der Waals surface area contributed by atoms with E-state index in [1.165, 1.54) is 0 Å². The summed E-state index contributed by atoms with van der Waals surface area (Å²) in [6.07, 6.45) is -0.162. The number of nitrogens with one attached hydrogen (secondary N) is 1. The van der Waals surface area contributed by atoms with Gasteiger partial charge in [0.1, 0.15) is 11.5 Å². The van der Waals surface area contributed by atoms with Gasteiger partial charge >= 0.3 is 0 Å². The lowest BCUT2D eigenvalue weighted by Gasteiger charge is -2.02. The Bertz CT molecular complexity index is 732. The van der Waals surface area contributed by atoms with Gasteiger partial charge in [0.25, 0.3) is 0 Å². The summed E-state index contributed by atoms with van der Waals surface area (Å²) < 4.78 is 33.3. The molecule has 0 unspecified atom stereocenters. The fourth-order valence-electron chi connectivity index (χ4n) is 1.66. The first-order valence-corrected chi connectivity index (χ1v) is 8.02. The molecule has 114 valence electrons. The van der Waals surface area contributed by atoms with Crippen LogP contribution in [0.25, 0.3) is 0 Å². The van der Waals surface area contributed by atoms with Gasteiger partial charge in [0.2, 0.25) is 5.91 Å². The van der Waals surface area contributed by atoms with E-state index in [4.69, 9.17) is 9.05 Å². The molecule has 0 saturated carbocycles. The van der Waals surface area contributed by atoms with Crippen LogP contribution in [0, 0.1) is 13.8 Å². The van der Waals surface area contributed by atoms with Crippen LogP contribution in [0.4, 0.5) is 5.82 Å². The summed E-state index contributed by atoms with van der Waals surface area (Å²) in [6.45, 7) is 3.36. The fourth-order valence-corrected chi connectivity index (χ4v) is 2.89. The second-order valence-corrected chi connectivity index (χ2v) is 6.83. The number of rotatable bonds is 6. The molecule has 9 heteroatoms. The predicted molar refractivity (Wildman–Crippen MR) is 73.2 cm³/mol. The molecule has 0 fully saturated rings. The molecule has 8 nitrogen and oxygen atoms in total. The van der Waals surface area contributed by atoms with Crippen LogP contribution in [0.3, 0.4) is 0 Å². The Morgan fingerprint density at radius 1 is 1.19 bits per heavy atom. The van der Waals surface area contributed by atoms with E-state index >= 15 is 0 Å². The number of hydrogen-bond acceptors (Lipinski definition) is 7. The minimum absolute atomic E-state index is 0.162. The standard InChI is InChI=1S/C12H15N3O5S/c1-8-5-10(14-19-8)7-21(17,18)4-3-12(16)13-11-6-9(2)20-15-11/h5-6H,3-4,7H2,1-2H3,(H,13,15,16). The highest BCUT2D eigenvalue weighted by Crippen LogP contribution is 2.10. The molecule has 2 aromatic rings. The molecule has 0 aromatic carbocycles. The molecule has 0 aliphatic heterocycles. The van der Waals surface area contributed by atoms with Crippen LogP contribution in [0.15, 0.2) is 21.2 Å². The van der Waals surface area contributed by atoms with Crippen LogP contribution in [-0.4, -0.2) is 30.4 Å². The van der Waals surface area contributed by atoms with E-state index in [9.17, 15) is 13.2 Å². The summed E-state index contributed by atoms with van der Waals surface area (Å²) in [5.41, 5.74) is 0.333. The smallest absolute Gasteiger partial charge is 0.226 e. The van der Waals surface area contributed by atoms with Crippen molar-refractivity contribution in [2.75, 3.05) is 11.1 Å². The first-order valence-electron chi connectivity index (χ1n) is 6.20. The van der Waals surface area contributed by atoms with Gasteiger partial charge in [-0.15, -0.1) is 0 Å². The number of sulfone groups is 1. The van der Waals surface area contributed by atoms with Crippen molar-refractivity contribution in [3.05, 3.63) is 29.3 Å². The molecule has 0 bridgehead atoms. The van der Waals surface area contributed by atoms with Gasteiger partial charge in [0.05, 0.1) is 17.2 Å². The zero-order chi connectivity index (χ0) is 15.5. The van der Waals surface area contributed by atoms with Gasteiger partial charge in [0, 0.05) is 18.6 Å². The molecule has 21 heavy (non-hydrogen) atoms. The third kappa shape index (κ3) is 4.71. The third-order valence-corrected chi connectivity index (χ3v) is 4.14. The Balaban J connectivity index is 1.85. The molecular formula is C12H15N3O5S. The minimum atomic E-state index is -3.43. The van der Waals surface area contributed by atoms with Crippen molar-refractivity contribution in [2.45, 2.75) is 26.0 Å². The quantitative estimate of drug-likeness (QED) is 0.852. The van der Waals surface area contributed by atoms with Crippen molar-refractivity contribution in [1.82, 2.24) is 10.3 Å². The van der Waals surface area contributed by atoms with E-state index < -0.39 is 15.7 Å². The highest BCUT2D eigenvalue weighted by atomic mass is 32.2. The average molecular weight is 313 g/mol. The molecule has 0 aliphatic carbocycles. The van der Waals surface area contributed by atoms with E-state index in [1.54, 1.807) is 26.0 Å². The lowest BCUT2D eigenvalue weighted by atomic mass is 10.4. The van der Waals surface area contributed by atoms with Gasteiger partial charge in [-0.3, -0.25) is 4.79 Å². The van der Waals surface area contributed by atoms with Crippen molar-refractivity contribution >= 4 is 21.6 Å². The van der Waals surface area contributed by atoms with Gasteiger partial charge in [-0.05, 0) is 13.8 Å². The molecule has 0 saturated heterocycles. The van der Waals surface area contributed by atoms with Crippen LogP contribution in [0.5, 0.6) is 0 Å². The first-order chi connectivity index (χ1) is 9.84. The zero-order valence-corrected chi connectivity index (χ0v) is 12.4. The van der Waals surface area contributed by atoms with Gasteiger partial charge in [-0.1, -0.05) is 10.3 Å². The maximum atomic E-state index is 11.9. The third-order valence-electron chi connectivity index (χ3n) is 2.58. The maximum Gasteiger partial charge on any atom is 0.226 e. The molecule has 2 heterocycles. The number of aromatic nitrogens is 2. The summed E-state index contributed by atoms with van der Waals surface area (Å²) >= 11 is 0. The molecule has 0 spiro atoms. The normalized spacial score (nSPS) is 11.5. The van der Waals surface area contributed by atoms with Crippen LogP contribution in [0.1, 0.15) is 23.6 Å². The minimum Gasteiger partial charge on any atom is -0.361 e. The van der Waals surface area contributed by atoms with E-state index in [2.05, 4.69) is 15.6 Å². The number of aryl methyl sites for hydroxylation is 2. The van der Waals surface area contributed by atoms with E-state index in [-0.39, 0.29) is 23.7 Å². The molecule has 0 radical (unpaired) electrons. The van der Waals surface area contributed by atoms with Gasteiger partial charge < -0.3 is 14.4 Å². The molecule has 1 amide bonds. The van der Waals surface area contributed by atoms with Crippen molar-refractivity contribution in [1.29, 1.82) is 0 Å². The Labute approximate surface area is 121 Å². The lowest BCUT2D eigenvalue weighted by molar-refractivity contribution is -0.115. The Hall–Kier alpha value is -2.16. The topological polar surface area (TPSA) is 115 Å². The summed E-state index contributed by atoms with van der Waals surface area (Å²) in [7, 11) is -3.43. The summed E-state index contributed by atoms with van der Waals surface area (Å²) in [6, 6.07) is 3.10. The highest BCUT2D eigenvalue weighted by molar-refractivity contribution is 7.90. The molecular weight excluding hydrogens is 298 g/mol. The van der Waals surface area contributed by atoms with Crippen molar-refractivity contribution in [2.24, 2.45) is 0 Å². The number of hydrogen-bond donors (Lipinski definition) is 1. The van der Waals surface area contributed by atoms with E-state index in [0.29, 0.717) is 17.2 Å². The number of anilines is 1. The molecule has 0 aliphatic rings. The van der Waals surface area contributed by atoms with Crippen LogP contribution >= 0.6 is 0 Å². The number of carbonyl (C=O) groups excluding carboxylic acids is 1. The highest BCUT2D eigenvalue weighted by Gasteiger charge is 2.17. The fraction of sp³-hybridized carbons (Fsp3) is 0.417. The largest absolute Gasteiger partial charge is 0.361 e. The lowest BCUT2D eigenvalue weighted by Crippen LogP contribution is -2.18. The SMILES string of the molecule is Cc1cc(CS(=O)(=O)CCC(=O)Nc2cc(C)on2)no1. The summed E-state index contributed by atoms with van der Waals surface area (Å²) in [5, 5.41) is 9.67. The van der Waals surface area contributed by atoms with Crippen LogP contribution in [0.2, 0.25) is 0 Å². The van der Waals surface area contributed by atoms with Crippen molar-refractivity contribution < 1.29 is 22.3 Å².